The van der Waals surface area contributed by atoms with Crippen molar-refractivity contribution in [3.05, 3.63) is 16.1 Å². The second-order valence-electron chi connectivity index (χ2n) is 7.00. The fourth-order valence-electron chi connectivity index (χ4n) is 2.25. The van der Waals surface area contributed by atoms with Crippen molar-refractivity contribution in [2.24, 2.45) is 4.99 Å². The average Bonchev–Trinajstić information content (AvgIpc) is 2.96. The van der Waals surface area contributed by atoms with Gasteiger partial charge < -0.3 is 20.3 Å². The number of rotatable bonds is 8. The Bertz CT molecular complexity index is 587. The van der Waals surface area contributed by atoms with Crippen molar-refractivity contribution in [2.75, 3.05) is 33.2 Å². The van der Waals surface area contributed by atoms with Gasteiger partial charge in [0, 0.05) is 45.0 Å². The first-order valence-corrected chi connectivity index (χ1v) is 9.96. The van der Waals surface area contributed by atoms with Crippen LogP contribution in [-0.4, -0.2) is 60.8 Å². The zero-order chi connectivity index (χ0) is 19.6. The van der Waals surface area contributed by atoms with Gasteiger partial charge >= 0.3 is 6.09 Å². The van der Waals surface area contributed by atoms with Crippen LogP contribution in [0.5, 0.6) is 0 Å². The van der Waals surface area contributed by atoms with E-state index in [-0.39, 0.29) is 30.1 Å². The lowest BCUT2D eigenvalue weighted by Gasteiger charge is -2.27. The van der Waals surface area contributed by atoms with Crippen molar-refractivity contribution in [1.29, 1.82) is 0 Å². The molecule has 2 N–H and O–H groups in total. The first-order chi connectivity index (χ1) is 12.2. The molecular weight excluding hydrogens is 477 g/mol. The third-order valence-electron chi connectivity index (χ3n) is 3.38. The highest BCUT2D eigenvalue weighted by Crippen LogP contribution is 2.10. The molecule has 0 bridgehead atoms. The Labute approximate surface area is 184 Å². The highest BCUT2D eigenvalue weighted by atomic mass is 127. The largest absolute Gasteiger partial charge is 0.444 e. The van der Waals surface area contributed by atoms with E-state index in [0.29, 0.717) is 19.6 Å². The van der Waals surface area contributed by atoms with Crippen molar-refractivity contribution < 1.29 is 9.53 Å². The van der Waals surface area contributed by atoms with Crippen LogP contribution in [0.3, 0.4) is 0 Å². The molecule has 9 heteroatoms. The fourth-order valence-corrected chi connectivity index (χ4v) is 2.90. The van der Waals surface area contributed by atoms with Gasteiger partial charge in [0.25, 0.3) is 0 Å². The van der Waals surface area contributed by atoms with Crippen LogP contribution in [0.2, 0.25) is 0 Å². The molecule has 1 amide bonds. The van der Waals surface area contributed by atoms with Gasteiger partial charge in [-0.05, 0) is 34.1 Å². The molecule has 0 aromatic carbocycles. The number of carbonyl (C=O) groups excluding carboxylic acids is 1. The Hall–Kier alpha value is -1.10. The lowest BCUT2D eigenvalue weighted by molar-refractivity contribution is 0.0253. The lowest BCUT2D eigenvalue weighted by atomic mass is 10.2. The fraction of sp³-hybridized carbons (Fsp3) is 0.722. The molecule has 0 atom stereocenters. The number of ether oxygens (including phenoxy) is 1. The van der Waals surface area contributed by atoms with Crippen molar-refractivity contribution >= 4 is 47.4 Å². The molecule has 0 radical (unpaired) electrons. The molecule has 1 aromatic rings. The number of nitrogens with zero attached hydrogens (tertiary/aromatic N) is 3. The topological polar surface area (TPSA) is 78.9 Å². The standard InChI is InChI=1S/C18H33N5O2S.HI/c1-7-11-23(17(24)25-18(3,4)5)12-10-21-16(19-6)20-9-8-15-13-26-14(2)22-15;/h13H,7-12H2,1-6H3,(H2,19,20,21);1H. The van der Waals surface area contributed by atoms with Crippen LogP contribution < -0.4 is 10.6 Å². The van der Waals surface area contributed by atoms with Gasteiger partial charge in [0.15, 0.2) is 5.96 Å². The number of carbonyl (C=O) groups is 1. The summed E-state index contributed by atoms with van der Waals surface area (Å²) in [7, 11) is 1.74. The summed E-state index contributed by atoms with van der Waals surface area (Å²) in [4.78, 5) is 22.6. The first-order valence-electron chi connectivity index (χ1n) is 9.08. The molecule has 0 saturated heterocycles. The van der Waals surface area contributed by atoms with Crippen molar-refractivity contribution in [1.82, 2.24) is 20.5 Å². The highest BCUT2D eigenvalue weighted by Gasteiger charge is 2.21. The number of amides is 1. The molecule has 1 aromatic heterocycles. The minimum Gasteiger partial charge on any atom is -0.444 e. The number of guanidine groups is 1. The van der Waals surface area contributed by atoms with Crippen LogP contribution in [0, 0.1) is 6.92 Å². The van der Waals surface area contributed by atoms with Crippen LogP contribution in [0.25, 0.3) is 0 Å². The number of aliphatic imine (C=N–C) groups is 1. The Morgan fingerprint density at radius 3 is 2.48 bits per heavy atom. The molecule has 7 nitrogen and oxygen atoms in total. The maximum Gasteiger partial charge on any atom is 0.410 e. The summed E-state index contributed by atoms with van der Waals surface area (Å²) in [6.45, 7) is 12.3. The number of hydrogen-bond donors (Lipinski definition) is 2. The van der Waals surface area contributed by atoms with E-state index in [9.17, 15) is 4.79 Å². The second-order valence-corrected chi connectivity index (χ2v) is 8.06. The zero-order valence-corrected chi connectivity index (χ0v) is 20.4. The molecule has 0 aliphatic carbocycles. The van der Waals surface area contributed by atoms with Crippen LogP contribution in [0.4, 0.5) is 4.79 Å². The molecular formula is C18H34IN5O2S. The molecule has 27 heavy (non-hydrogen) atoms. The summed E-state index contributed by atoms with van der Waals surface area (Å²) in [5, 5.41) is 9.67. The van der Waals surface area contributed by atoms with Gasteiger partial charge in [0.1, 0.15) is 5.60 Å². The van der Waals surface area contributed by atoms with Crippen LogP contribution in [-0.2, 0) is 11.2 Å². The van der Waals surface area contributed by atoms with Gasteiger partial charge in [0.2, 0.25) is 0 Å². The Morgan fingerprint density at radius 1 is 1.30 bits per heavy atom. The smallest absolute Gasteiger partial charge is 0.410 e. The van der Waals surface area contributed by atoms with Gasteiger partial charge in [0.05, 0.1) is 10.7 Å². The third kappa shape index (κ3) is 11.4. The number of thiazole rings is 1. The van der Waals surface area contributed by atoms with Gasteiger partial charge in [-0.2, -0.15) is 0 Å². The van der Waals surface area contributed by atoms with E-state index in [1.165, 1.54) is 0 Å². The van der Waals surface area contributed by atoms with Crippen molar-refractivity contribution in [2.45, 2.75) is 53.1 Å². The highest BCUT2D eigenvalue weighted by molar-refractivity contribution is 14.0. The number of aromatic nitrogens is 1. The minimum atomic E-state index is -0.484. The summed E-state index contributed by atoms with van der Waals surface area (Å²) in [5.74, 6) is 0.720. The molecule has 0 spiro atoms. The number of halogens is 1. The molecule has 0 aliphatic heterocycles. The van der Waals surface area contributed by atoms with Crippen LogP contribution >= 0.6 is 35.3 Å². The molecule has 1 rings (SSSR count). The molecule has 0 fully saturated rings. The summed E-state index contributed by atoms with van der Waals surface area (Å²) in [6, 6.07) is 0. The molecule has 0 unspecified atom stereocenters. The lowest BCUT2D eigenvalue weighted by Crippen LogP contribution is -2.45. The first kappa shape index (κ1) is 25.9. The molecule has 0 aliphatic rings. The normalized spacial score (nSPS) is 11.6. The van der Waals surface area contributed by atoms with Crippen LogP contribution in [0.1, 0.15) is 44.8 Å². The van der Waals surface area contributed by atoms with E-state index in [4.69, 9.17) is 4.74 Å². The average molecular weight is 511 g/mol. The molecule has 156 valence electrons. The third-order valence-corrected chi connectivity index (χ3v) is 4.21. The van der Waals surface area contributed by atoms with Gasteiger partial charge in [-0.25, -0.2) is 9.78 Å². The van der Waals surface area contributed by atoms with E-state index in [2.05, 4.69) is 26.0 Å². The van der Waals surface area contributed by atoms with Gasteiger partial charge in [-0.15, -0.1) is 35.3 Å². The molecule has 0 saturated carbocycles. The Morgan fingerprint density at radius 2 is 1.96 bits per heavy atom. The van der Waals surface area contributed by atoms with E-state index in [1.54, 1.807) is 23.3 Å². The van der Waals surface area contributed by atoms with Crippen molar-refractivity contribution in [3.63, 3.8) is 0 Å². The predicted octanol–water partition coefficient (Wildman–Crippen LogP) is 3.42. The van der Waals surface area contributed by atoms with Crippen LogP contribution in [0.15, 0.2) is 10.4 Å². The number of nitrogens with one attached hydrogen (secondary N) is 2. The summed E-state index contributed by atoms with van der Waals surface area (Å²) >= 11 is 1.66. The SMILES string of the molecule is CCCN(CCNC(=NC)NCCc1csc(C)n1)C(=O)OC(C)(C)C.I. The second kappa shape index (κ2) is 13.1. The zero-order valence-electron chi connectivity index (χ0n) is 17.3. The van der Waals surface area contributed by atoms with E-state index >= 15 is 0 Å². The Kier molecular flexibility index (Phi) is 12.6. The van der Waals surface area contributed by atoms with E-state index in [0.717, 1.165) is 36.0 Å². The van der Waals surface area contributed by atoms with Gasteiger partial charge in [-0.3, -0.25) is 4.99 Å². The Balaban J connectivity index is 0.00000676. The predicted molar refractivity (Wildman–Crippen MR) is 123 cm³/mol. The molecule has 1 heterocycles. The van der Waals surface area contributed by atoms with Crippen molar-refractivity contribution in [3.8, 4) is 0 Å². The maximum absolute atomic E-state index is 12.2. The van der Waals surface area contributed by atoms with E-state index in [1.807, 2.05) is 34.6 Å². The quantitative estimate of drug-likeness (QED) is 0.318. The summed E-state index contributed by atoms with van der Waals surface area (Å²) in [6.07, 6.45) is 1.47. The summed E-state index contributed by atoms with van der Waals surface area (Å²) in [5.41, 5.74) is 0.608. The minimum absolute atomic E-state index is 0. The maximum atomic E-state index is 12.2. The number of aryl methyl sites for hydroxylation is 1. The summed E-state index contributed by atoms with van der Waals surface area (Å²) < 4.78 is 5.46. The number of hydrogen-bond acceptors (Lipinski definition) is 5. The monoisotopic (exact) mass is 511 g/mol. The van der Waals surface area contributed by atoms with Gasteiger partial charge in [-0.1, -0.05) is 6.92 Å². The van der Waals surface area contributed by atoms with E-state index < -0.39 is 5.60 Å².